The van der Waals surface area contributed by atoms with E-state index in [4.69, 9.17) is 26.4 Å². The van der Waals surface area contributed by atoms with E-state index in [1.165, 1.54) is 5.56 Å². The summed E-state index contributed by atoms with van der Waals surface area (Å²) in [6.07, 6.45) is 1.95. The Morgan fingerprint density at radius 2 is 1.96 bits per heavy atom. The number of aryl methyl sites for hydroxylation is 1. The minimum absolute atomic E-state index is 0.573. The first kappa shape index (κ1) is 17.4. The van der Waals surface area contributed by atoms with Gasteiger partial charge in [0.15, 0.2) is 16.6 Å². The Hall–Kier alpha value is -2.47. The average Bonchev–Trinajstić information content (AvgIpc) is 2.65. The van der Waals surface area contributed by atoms with Gasteiger partial charge in [-0.05, 0) is 54.9 Å². The maximum absolute atomic E-state index is 5.57. The minimum Gasteiger partial charge on any atom is -0.497 e. The molecule has 3 rings (SSSR count). The van der Waals surface area contributed by atoms with Gasteiger partial charge in [-0.25, -0.2) is 0 Å². The van der Waals surface area contributed by atoms with E-state index in [2.05, 4.69) is 22.8 Å². The van der Waals surface area contributed by atoms with E-state index in [0.29, 0.717) is 18.3 Å². The summed E-state index contributed by atoms with van der Waals surface area (Å²) in [5.74, 6) is 2.41. The van der Waals surface area contributed by atoms with Gasteiger partial charge in [0.25, 0.3) is 0 Å². The van der Waals surface area contributed by atoms with Crippen LogP contribution in [-0.2, 0) is 6.42 Å². The van der Waals surface area contributed by atoms with E-state index in [1.807, 2.05) is 30.3 Å². The summed E-state index contributed by atoms with van der Waals surface area (Å²) < 4.78 is 16.3. The highest BCUT2D eigenvalue weighted by atomic mass is 32.1. The van der Waals surface area contributed by atoms with Crippen LogP contribution < -0.4 is 24.8 Å². The number of thiocarbonyl (C=S) groups is 1. The second kappa shape index (κ2) is 8.58. The van der Waals surface area contributed by atoms with E-state index in [1.54, 1.807) is 7.11 Å². The van der Waals surface area contributed by atoms with Crippen molar-refractivity contribution >= 4 is 23.0 Å². The highest BCUT2D eigenvalue weighted by Crippen LogP contribution is 2.32. The summed E-state index contributed by atoms with van der Waals surface area (Å²) in [4.78, 5) is 0. The number of methoxy groups -OCH3 is 1. The Morgan fingerprint density at radius 1 is 1.12 bits per heavy atom. The van der Waals surface area contributed by atoms with Gasteiger partial charge in [-0.15, -0.1) is 0 Å². The number of benzene rings is 2. The molecule has 0 radical (unpaired) electrons. The van der Waals surface area contributed by atoms with Crippen LogP contribution in [0.4, 0.5) is 5.69 Å². The fourth-order valence-electron chi connectivity index (χ4n) is 2.62. The maximum atomic E-state index is 5.57. The zero-order chi connectivity index (χ0) is 17.5. The predicted octanol–water partition coefficient (Wildman–Crippen LogP) is 3.39. The predicted molar refractivity (Wildman–Crippen MR) is 103 cm³/mol. The first-order valence-electron chi connectivity index (χ1n) is 8.32. The Balaban J connectivity index is 1.42. The largest absolute Gasteiger partial charge is 0.497 e. The molecule has 2 aromatic carbocycles. The van der Waals surface area contributed by atoms with Crippen LogP contribution in [0.5, 0.6) is 17.2 Å². The van der Waals surface area contributed by atoms with E-state index < -0.39 is 0 Å². The molecular formula is C19H22N2O3S. The molecule has 0 unspecified atom stereocenters. The standard InChI is InChI=1S/C19H22N2O3S/c1-22-16-6-2-4-14(12-16)5-3-9-20-19(25)21-15-7-8-17-18(13-15)24-11-10-23-17/h2,4,6-8,12-13H,3,5,9-11H2,1H3,(H2,20,21,25). The molecule has 0 aromatic heterocycles. The van der Waals surface area contributed by atoms with Gasteiger partial charge in [-0.2, -0.15) is 0 Å². The minimum atomic E-state index is 0.573. The fourth-order valence-corrected chi connectivity index (χ4v) is 2.84. The van der Waals surface area contributed by atoms with Gasteiger partial charge in [0, 0.05) is 18.3 Å². The number of ether oxygens (including phenoxy) is 3. The van der Waals surface area contributed by atoms with Crippen LogP contribution >= 0.6 is 12.2 Å². The number of hydrogen-bond acceptors (Lipinski definition) is 4. The van der Waals surface area contributed by atoms with E-state index in [9.17, 15) is 0 Å². The molecule has 2 aromatic rings. The quantitative estimate of drug-likeness (QED) is 0.610. The molecule has 6 heteroatoms. The Morgan fingerprint density at radius 3 is 2.80 bits per heavy atom. The third-order valence-corrected chi connectivity index (χ3v) is 4.11. The van der Waals surface area contributed by atoms with E-state index in [0.717, 1.165) is 42.3 Å². The first-order chi connectivity index (χ1) is 12.2. The second-order valence-electron chi connectivity index (χ2n) is 5.69. The zero-order valence-corrected chi connectivity index (χ0v) is 15.0. The molecule has 0 bridgehead atoms. The van der Waals surface area contributed by atoms with Crippen LogP contribution in [-0.4, -0.2) is 32.0 Å². The molecule has 0 saturated heterocycles. The van der Waals surface area contributed by atoms with Crippen molar-refractivity contribution < 1.29 is 14.2 Å². The topological polar surface area (TPSA) is 51.8 Å². The van der Waals surface area contributed by atoms with Crippen LogP contribution in [0.1, 0.15) is 12.0 Å². The van der Waals surface area contributed by atoms with Gasteiger partial charge in [-0.1, -0.05) is 12.1 Å². The Bertz CT molecular complexity index is 736. The van der Waals surface area contributed by atoms with Crippen molar-refractivity contribution in [2.75, 3.05) is 32.2 Å². The van der Waals surface area contributed by atoms with E-state index >= 15 is 0 Å². The second-order valence-corrected chi connectivity index (χ2v) is 6.10. The number of anilines is 1. The van der Waals surface area contributed by atoms with Gasteiger partial charge in [0.1, 0.15) is 19.0 Å². The van der Waals surface area contributed by atoms with Crippen LogP contribution in [0.3, 0.4) is 0 Å². The Kier molecular flexibility index (Phi) is 5.95. The van der Waals surface area contributed by atoms with Crippen molar-refractivity contribution in [3.8, 4) is 17.2 Å². The SMILES string of the molecule is COc1cccc(CCCNC(=S)Nc2ccc3c(c2)OCCO3)c1. The van der Waals surface area contributed by atoms with Gasteiger partial charge in [0.2, 0.25) is 0 Å². The molecule has 0 spiro atoms. The summed E-state index contributed by atoms with van der Waals surface area (Å²) in [7, 11) is 1.68. The van der Waals surface area contributed by atoms with Gasteiger partial charge in [0.05, 0.1) is 7.11 Å². The van der Waals surface area contributed by atoms with Crippen LogP contribution in [0.15, 0.2) is 42.5 Å². The molecule has 1 aliphatic rings. The number of nitrogens with one attached hydrogen (secondary N) is 2. The molecule has 1 heterocycles. The maximum Gasteiger partial charge on any atom is 0.170 e. The van der Waals surface area contributed by atoms with E-state index in [-0.39, 0.29) is 0 Å². The number of rotatable bonds is 6. The monoisotopic (exact) mass is 358 g/mol. The molecule has 0 saturated carbocycles. The molecule has 0 fully saturated rings. The highest BCUT2D eigenvalue weighted by molar-refractivity contribution is 7.80. The zero-order valence-electron chi connectivity index (χ0n) is 14.2. The summed E-state index contributed by atoms with van der Waals surface area (Å²) in [5, 5.41) is 7.00. The molecule has 0 aliphatic carbocycles. The van der Waals surface area contributed by atoms with Crippen LogP contribution in [0, 0.1) is 0 Å². The summed E-state index contributed by atoms with van der Waals surface area (Å²) in [5.41, 5.74) is 2.14. The van der Waals surface area contributed by atoms with Crippen LogP contribution in [0.25, 0.3) is 0 Å². The summed E-state index contributed by atoms with van der Waals surface area (Å²) >= 11 is 5.35. The normalized spacial score (nSPS) is 12.4. The molecule has 2 N–H and O–H groups in total. The number of hydrogen-bond donors (Lipinski definition) is 2. The van der Waals surface area contributed by atoms with Crippen molar-refractivity contribution in [3.05, 3.63) is 48.0 Å². The van der Waals surface area contributed by atoms with Gasteiger partial charge < -0.3 is 24.8 Å². The molecule has 5 nitrogen and oxygen atoms in total. The van der Waals surface area contributed by atoms with Crippen molar-refractivity contribution in [1.29, 1.82) is 0 Å². The lowest BCUT2D eigenvalue weighted by atomic mass is 10.1. The fraction of sp³-hybridized carbons (Fsp3) is 0.316. The average molecular weight is 358 g/mol. The van der Waals surface area contributed by atoms with Crippen molar-refractivity contribution in [3.63, 3.8) is 0 Å². The molecule has 0 amide bonds. The van der Waals surface area contributed by atoms with Crippen molar-refractivity contribution in [2.45, 2.75) is 12.8 Å². The molecule has 25 heavy (non-hydrogen) atoms. The lowest BCUT2D eigenvalue weighted by Gasteiger charge is -2.19. The molecular weight excluding hydrogens is 336 g/mol. The van der Waals surface area contributed by atoms with Crippen molar-refractivity contribution in [1.82, 2.24) is 5.32 Å². The first-order valence-corrected chi connectivity index (χ1v) is 8.73. The van der Waals surface area contributed by atoms with Crippen molar-refractivity contribution in [2.24, 2.45) is 0 Å². The third-order valence-electron chi connectivity index (χ3n) is 3.86. The van der Waals surface area contributed by atoms with Gasteiger partial charge in [-0.3, -0.25) is 0 Å². The number of fused-ring (bicyclic) bond motifs is 1. The smallest absolute Gasteiger partial charge is 0.170 e. The van der Waals surface area contributed by atoms with Gasteiger partial charge >= 0.3 is 0 Å². The lowest BCUT2D eigenvalue weighted by Crippen LogP contribution is -2.29. The molecule has 1 aliphatic heterocycles. The Labute approximate surface area is 153 Å². The molecule has 132 valence electrons. The lowest BCUT2D eigenvalue weighted by molar-refractivity contribution is 0.171. The summed E-state index contributed by atoms with van der Waals surface area (Å²) in [6, 6.07) is 13.8. The highest BCUT2D eigenvalue weighted by Gasteiger charge is 2.11. The summed E-state index contributed by atoms with van der Waals surface area (Å²) in [6.45, 7) is 1.96. The van der Waals surface area contributed by atoms with Crippen LogP contribution in [0.2, 0.25) is 0 Å². The molecule has 0 atom stereocenters. The third kappa shape index (κ3) is 5.00.